The average Bonchev–Trinajstić information content (AvgIpc) is 2.88. The standard InChI is InChI=1S/C11H9ClF3N3OS/c12-8-3-1-7(2-4-8)10(19,11(13,14)15)5-16-9-17-6-18-20-9/h1-4,6,19H,5H2,(H,16,17,18). The summed E-state index contributed by atoms with van der Waals surface area (Å²) in [5.41, 5.74) is -3.34. The molecule has 1 unspecified atom stereocenters. The Balaban J connectivity index is 2.28. The molecule has 0 saturated carbocycles. The summed E-state index contributed by atoms with van der Waals surface area (Å²) in [6.07, 6.45) is -3.64. The van der Waals surface area contributed by atoms with Crippen molar-refractivity contribution in [2.75, 3.05) is 11.9 Å². The summed E-state index contributed by atoms with van der Waals surface area (Å²) in [5.74, 6) is 0. The molecule has 0 aliphatic heterocycles. The lowest BCUT2D eigenvalue weighted by molar-refractivity contribution is -0.260. The molecular formula is C11H9ClF3N3OS. The lowest BCUT2D eigenvalue weighted by atomic mass is 9.93. The number of aromatic nitrogens is 2. The van der Waals surface area contributed by atoms with Crippen molar-refractivity contribution in [1.82, 2.24) is 9.36 Å². The lowest BCUT2D eigenvalue weighted by Crippen LogP contribution is -2.47. The minimum atomic E-state index is -4.85. The van der Waals surface area contributed by atoms with Crippen LogP contribution in [0.25, 0.3) is 0 Å². The molecule has 1 atom stereocenters. The molecule has 2 rings (SSSR count). The molecule has 0 spiro atoms. The highest BCUT2D eigenvalue weighted by atomic mass is 35.5. The van der Waals surface area contributed by atoms with Crippen LogP contribution in [0.4, 0.5) is 18.3 Å². The van der Waals surface area contributed by atoms with E-state index in [4.69, 9.17) is 11.6 Å². The number of anilines is 1. The van der Waals surface area contributed by atoms with Crippen molar-refractivity contribution < 1.29 is 18.3 Å². The van der Waals surface area contributed by atoms with Crippen molar-refractivity contribution in [3.05, 3.63) is 41.2 Å². The van der Waals surface area contributed by atoms with E-state index in [-0.39, 0.29) is 15.7 Å². The molecule has 1 aromatic carbocycles. The fraction of sp³-hybridized carbons (Fsp3) is 0.273. The number of nitrogens with one attached hydrogen (secondary N) is 1. The highest BCUT2D eigenvalue weighted by Gasteiger charge is 2.55. The second kappa shape index (κ2) is 5.55. The Kier molecular flexibility index (Phi) is 4.17. The summed E-state index contributed by atoms with van der Waals surface area (Å²) in [5, 5.41) is 12.9. The number of hydrogen-bond donors (Lipinski definition) is 2. The van der Waals surface area contributed by atoms with Gasteiger partial charge in [-0.2, -0.15) is 17.5 Å². The van der Waals surface area contributed by atoms with Crippen molar-refractivity contribution in [2.45, 2.75) is 11.8 Å². The van der Waals surface area contributed by atoms with Crippen molar-refractivity contribution in [3.8, 4) is 0 Å². The van der Waals surface area contributed by atoms with Gasteiger partial charge in [-0.05, 0) is 17.7 Å². The van der Waals surface area contributed by atoms with Crippen molar-refractivity contribution in [3.63, 3.8) is 0 Å². The lowest BCUT2D eigenvalue weighted by Gasteiger charge is -2.31. The smallest absolute Gasteiger partial charge is 0.375 e. The van der Waals surface area contributed by atoms with Crippen molar-refractivity contribution in [2.24, 2.45) is 0 Å². The summed E-state index contributed by atoms with van der Waals surface area (Å²) >= 11 is 6.54. The Hall–Kier alpha value is -1.38. The zero-order valence-corrected chi connectivity index (χ0v) is 11.4. The maximum Gasteiger partial charge on any atom is 0.423 e. The maximum atomic E-state index is 13.2. The normalized spacial score (nSPS) is 14.8. The fourth-order valence-electron chi connectivity index (χ4n) is 1.55. The molecule has 0 amide bonds. The Labute approximate surface area is 121 Å². The molecule has 2 aromatic rings. The van der Waals surface area contributed by atoms with Gasteiger partial charge in [0, 0.05) is 16.6 Å². The van der Waals surface area contributed by atoms with E-state index in [1.54, 1.807) is 0 Å². The summed E-state index contributed by atoms with van der Waals surface area (Å²) in [6, 6.07) is 4.85. The van der Waals surface area contributed by atoms with Crippen LogP contribution in [0, 0.1) is 0 Å². The zero-order valence-electron chi connectivity index (χ0n) is 9.86. The van der Waals surface area contributed by atoms with E-state index in [2.05, 4.69) is 14.7 Å². The fourth-order valence-corrected chi connectivity index (χ4v) is 2.10. The molecule has 9 heteroatoms. The third kappa shape index (κ3) is 3.02. The SMILES string of the molecule is OC(CNc1ncns1)(c1ccc(Cl)cc1)C(F)(F)F. The molecule has 0 aliphatic carbocycles. The Morgan fingerprint density at radius 1 is 1.25 bits per heavy atom. The minimum Gasteiger partial charge on any atom is -0.375 e. The van der Waals surface area contributed by atoms with Crippen LogP contribution in [0.2, 0.25) is 5.02 Å². The van der Waals surface area contributed by atoms with E-state index in [9.17, 15) is 18.3 Å². The predicted molar refractivity (Wildman–Crippen MR) is 69.8 cm³/mol. The van der Waals surface area contributed by atoms with Crippen LogP contribution in [0.15, 0.2) is 30.6 Å². The van der Waals surface area contributed by atoms with E-state index < -0.39 is 18.3 Å². The van der Waals surface area contributed by atoms with Crippen LogP contribution in [-0.4, -0.2) is 27.2 Å². The highest BCUT2D eigenvalue weighted by molar-refractivity contribution is 7.09. The maximum absolute atomic E-state index is 13.2. The van der Waals surface area contributed by atoms with Gasteiger partial charge in [-0.3, -0.25) is 0 Å². The van der Waals surface area contributed by atoms with Gasteiger partial charge in [0.25, 0.3) is 0 Å². The molecule has 4 nitrogen and oxygen atoms in total. The molecule has 0 aliphatic rings. The van der Waals surface area contributed by atoms with Crippen molar-refractivity contribution >= 4 is 28.3 Å². The zero-order chi connectivity index (χ0) is 14.8. The average molecular weight is 324 g/mol. The number of hydrogen-bond acceptors (Lipinski definition) is 5. The third-order valence-electron chi connectivity index (χ3n) is 2.65. The molecule has 0 bridgehead atoms. The molecule has 108 valence electrons. The number of benzene rings is 1. The third-order valence-corrected chi connectivity index (χ3v) is 3.52. The number of halogens is 4. The molecule has 1 heterocycles. The van der Waals surface area contributed by atoms with Gasteiger partial charge in [-0.25, -0.2) is 4.98 Å². The van der Waals surface area contributed by atoms with E-state index >= 15 is 0 Å². The topological polar surface area (TPSA) is 58.0 Å². The first-order chi connectivity index (χ1) is 9.33. The van der Waals surface area contributed by atoms with Gasteiger partial charge >= 0.3 is 6.18 Å². The van der Waals surface area contributed by atoms with Gasteiger partial charge in [-0.15, -0.1) is 0 Å². The summed E-state index contributed by atoms with van der Waals surface area (Å²) in [7, 11) is 0. The molecule has 1 aromatic heterocycles. The summed E-state index contributed by atoms with van der Waals surface area (Å²) in [6.45, 7) is -0.771. The first-order valence-electron chi connectivity index (χ1n) is 5.38. The summed E-state index contributed by atoms with van der Waals surface area (Å²) in [4.78, 5) is 3.71. The van der Waals surface area contributed by atoms with E-state index in [0.717, 1.165) is 23.7 Å². The quantitative estimate of drug-likeness (QED) is 0.908. The second-order valence-electron chi connectivity index (χ2n) is 3.96. The van der Waals surface area contributed by atoms with E-state index in [1.807, 2.05) is 0 Å². The van der Waals surface area contributed by atoms with E-state index in [0.29, 0.717) is 0 Å². The minimum absolute atomic E-state index is 0.196. The molecule has 20 heavy (non-hydrogen) atoms. The number of aliphatic hydroxyl groups is 1. The van der Waals surface area contributed by atoms with Gasteiger partial charge in [-0.1, -0.05) is 23.7 Å². The molecular weight excluding hydrogens is 315 g/mol. The molecule has 2 N–H and O–H groups in total. The molecule has 0 radical (unpaired) electrons. The largest absolute Gasteiger partial charge is 0.423 e. The number of alkyl halides is 3. The second-order valence-corrected chi connectivity index (χ2v) is 5.18. The van der Waals surface area contributed by atoms with Gasteiger partial charge in [0.05, 0.1) is 6.54 Å². The Morgan fingerprint density at radius 3 is 2.40 bits per heavy atom. The van der Waals surface area contributed by atoms with Gasteiger partial charge in [0.1, 0.15) is 6.33 Å². The first-order valence-corrected chi connectivity index (χ1v) is 6.54. The van der Waals surface area contributed by atoms with E-state index in [1.165, 1.54) is 18.5 Å². The molecule has 0 fully saturated rings. The van der Waals surface area contributed by atoms with Crippen molar-refractivity contribution in [1.29, 1.82) is 0 Å². The highest BCUT2D eigenvalue weighted by Crippen LogP contribution is 2.39. The van der Waals surface area contributed by atoms with Crippen LogP contribution in [-0.2, 0) is 5.60 Å². The van der Waals surface area contributed by atoms with Crippen LogP contribution >= 0.6 is 23.1 Å². The Bertz CT molecular complexity index is 561. The van der Waals surface area contributed by atoms with Crippen LogP contribution < -0.4 is 5.32 Å². The predicted octanol–water partition coefficient (Wildman–Crippen LogP) is 3.05. The van der Waals surface area contributed by atoms with Crippen LogP contribution in [0.1, 0.15) is 5.56 Å². The van der Waals surface area contributed by atoms with Gasteiger partial charge in [0.2, 0.25) is 10.7 Å². The number of nitrogens with zero attached hydrogens (tertiary/aromatic N) is 2. The van der Waals surface area contributed by atoms with Crippen LogP contribution in [0.5, 0.6) is 0 Å². The first kappa shape index (κ1) is 15.0. The van der Waals surface area contributed by atoms with Gasteiger partial charge < -0.3 is 10.4 Å². The Morgan fingerprint density at radius 2 is 1.90 bits per heavy atom. The van der Waals surface area contributed by atoms with Crippen LogP contribution in [0.3, 0.4) is 0 Å². The monoisotopic (exact) mass is 323 g/mol. The number of rotatable bonds is 4. The summed E-state index contributed by atoms with van der Waals surface area (Å²) < 4.78 is 43.1. The molecule has 0 saturated heterocycles. The van der Waals surface area contributed by atoms with Gasteiger partial charge in [0.15, 0.2) is 0 Å².